The van der Waals surface area contributed by atoms with Crippen LogP contribution in [0.15, 0.2) is 42.9 Å². The van der Waals surface area contributed by atoms with Crippen LogP contribution in [0.3, 0.4) is 0 Å². The molecule has 1 atom stereocenters. The molecule has 10 heteroatoms. The monoisotopic (exact) mass is 470 g/mol. The maximum Gasteiger partial charge on any atom is 0.256 e. The van der Waals surface area contributed by atoms with Crippen molar-refractivity contribution in [2.24, 2.45) is 5.92 Å². The lowest BCUT2D eigenvalue weighted by molar-refractivity contribution is 0.0674. The van der Waals surface area contributed by atoms with Crippen molar-refractivity contribution < 1.29 is 13.6 Å². The molecule has 33 heavy (non-hydrogen) atoms. The van der Waals surface area contributed by atoms with Crippen molar-refractivity contribution in [1.29, 1.82) is 5.26 Å². The van der Waals surface area contributed by atoms with Crippen molar-refractivity contribution in [1.82, 2.24) is 24.6 Å². The van der Waals surface area contributed by atoms with Gasteiger partial charge in [0.25, 0.3) is 5.91 Å². The van der Waals surface area contributed by atoms with Gasteiger partial charge in [-0.1, -0.05) is 0 Å². The van der Waals surface area contributed by atoms with Gasteiger partial charge in [0.2, 0.25) is 5.28 Å². The Labute approximate surface area is 194 Å². The van der Waals surface area contributed by atoms with E-state index in [2.05, 4.69) is 21.1 Å². The van der Waals surface area contributed by atoms with Gasteiger partial charge in [0.05, 0.1) is 36.0 Å². The van der Waals surface area contributed by atoms with Crippen molar-refractivity contribution in [3.8, 4) is 17.3 Å². The van der Waals surface area contributed by atoms with Gasteiger partial charge in [0.15, 0.2) is 0 Å². The number of nitrogens with zero attached hydrogens (tertiary/aromatic N) is 6. The summed E-state index contributed by atoms with van der Waals surface area (Å²) < 4.78 is 28.9. The Bertz CT molecular complexity index is 1190. The van der Waals surface area contributed by atoms with Gasteiger partial charge in [-0.2, -0.15) is 10.4 Å². The summed E-state index contributed by atoms with van der Waals surface area (Å²) in [5.41, 5.74) is 1.31. The van der Waals surface area contributed by atoms with Crippen LogP contribution in [0.25, 0.3) is 11.3 Å². The first-order valence-corrected chi connectivity index (χ1v) is 11.0. The van der Waals surface area contributed by atoms with E-state index in [-0.39, 0.29) is 22.8 Å². The molecule has 0 aliphatic carbocycles. The van der Waals surface area contributed by atoms with Crippen LogP contribution >= 0.6 is 11.6 Å². The zero-order valence-electron chi connectivity index (χ0n) is 17.7. The molecule has 0 spiro atoms. The van der Waals surface area contributed by atoms with Crippen LogP contribution in [-0.2, 0) is 0 Å². The number of aromatic nitrogens is 4. The molecule has 0 radical (unpaired) electrons. The van der Waals surface area contributed by atoms with Crippen LogP contribution in [-0.4, -0.2) is 43.6 Å². The van der Waals surface area contributed by atoms with E-state index < -0.39 is 17.5 Å². The first kappa shape index (κ1) is 22.8. The van der Waals surface area contributed by atoms with Crippen molar-refractivity contribution in [2.75, 3.05) is 13.1 Å². The Hall–Kier alpha value is -3.38. The summed E-state index contributed by atoms with van der Waals surface area (Å²) in [6.07, 6.45) is 7.58. The van der Waals surface area contributed by atoms with Gasteiger partial charge in [-0.15, -0.1) is 0 Å². The molecule has 1 unspecified atom stereocenters. The van der Waals surface area contributed by atoms with E-state index in [4.69, 9.17) is 11.6 Å². The molecule has 170 valence electrons. The van der Waals surface area contributed by atoms with Crippen molar-refractivity contribution in [3.63, 3.8) is 0 Å². The van der Waals surface area contributed by atoms with Crippen LogP contribution in [0.2, 0.25) is 5.28 Å². The minimum Gasteiger partial charge on any atom is -0.339 e. The quantitative estimate of drug-likeness (QED) is 0.488. The molecule has 0 N–H and O–H groups in total. The van der Waals surface area contributed by atoms with Gasteiger partial charge in [0.1, 0.15) is 11.6 Å². The minimum atomic E-state index is -0.851. The first-order chi connectivity index (χ1) is 15.9. The fraction of sp³-hybridized carbons (Fsp3) is 0.348. The molecule has 1 amide bonds. The third kappa shape index (κ3) is 5.34. The summed E-state index contributed by atoms with van der Waals surface area (Å²) in [4.78, 5) is 22.3. The normalized spacial score (nSPS) is 15.3. The SMILES string of the molecule is N#CCC(CC1CCN(C(=O)c2ccc(F)cc2F)CC1)n1cc(-c2ccnc(Cl)n2)cn1. The average Bonchev–Trinajstić information content (AvgIpc) is 3.29. The van der Waals surface area contributed by atoms with Crippen LogP contribution in [0, 0.1) is 28.9 Å². The van der Waals surface area contributed by atoms with E-state index >= 15 is 0 Å². The number of hydrogen-bond donors (Lipinski definition) is 0. The Morgan fingerprint density at radius 3 is 2.76 bits per heavy atom. The number of amides is 1. The Morgan fingerprint density at radius 1 is 1.27 bits per heavy atom. The van der Waals surface area contributed by atoms with E-state index in [1.165, 1.54) is 6.07 Å². The standard InChI is InChI=1S/C23H21ClF2N6O/c24-23-28-8-4-21(30-23)16-13-29-32(14-16)18(3-7-27)11-15-5-9-31(10-6-15)22(33)19-2-1-17(25)12-20(19)26/h1-2,4,8,12-15,18H,3,5-6,9-11H2. The summed E-state index contributed by atoms with van der Waals surface area (Å²) in [6, 6.07) is 6.84. The lowest BCUT2D eigenvalue weighted by Gasteiger charge is -2.33. The second-order valence-electron chi connectivity index (χ2n) is 8.03. The molecular formula is C23H21ClF2N6O. The molecule has 1 aromatic carbocycles. The second-order valence-corrected chi connectivity index (χ2v) is 8.37. The number of carbonyl (C=O) groups is 1. The molecule has 1 fully saturated rings. The topological polar surface area (TPSA) is 87.7 Å². The predicted octanol–water partition coefficient (Wildman–Crippen LogP) is 4.67. The van der Waals surface area contributed by atoms with Gasteiger partial charge >= 0.3 is 0 Å². The summed E-state index contributed by atoms with van der Waals surface area (Å²) in [6.45, 7) is 0.951. The summed E-state index contributed by atoms with van der Waals surface area (Å²) in [7, 11) is 0. The zero-order valence-corrected chi connectivity index (χ0v) is 18.4. The predicted molar refractivity (Wildman–Crippen MR) is 117 cm³/mol. The third-order valence-corrected chi connectivity index (χ3v) is 6.08. The lowest BCUT2D eigenvalue weighted by atomic mass is 9.89. The highest BCUT2D eigenvalue weighted by Gasteiger charge is 2.28. The number of carbonyl (C=O) groups excluding carboxylic acids is 1. The molecule has 1 aliphatic rings. The number of benzene rings is 1. The zero-order chi connectivity index (χ0) is 23.4. The molecule has 0 bridgehead atoms. The molecule has 1 aliphatic heterocycles. The molecule has 4 rings (SSSR count). The molecule has 1 saturated heterocycles. The highest BCUT2D eigenvalue weighted by molar-refractivity contribution is 6.28. The smallest absolute Gasteiger partial charge is 0.256 e. The Kier molecular flexibility index (Phi) is 6.94. The van der Waals surface area contributed by atoms with Crippen LogP contribution in [0.1, 0.15) is 42.1 Å². The lowest BCUT2D eigenvalue weighted by Crippen LogP contribution is -2.39. The fourth-order valence-corrected chi connectivity index (χ4v) is 4.29. The number of likely N-dealkylation sites (tertiary alicyclic amines) is 1. The van der Waals surface area contributed by atoms with E-state index in [1.54, 1.807) is 28.0 Å². The molecule has 3 aromatic rings. The molecule has 7 nitrogen and oxygen atoms in total. The Morgan fingerprint density at radius 2 is 2.06 bits per heavy atom. The van der Waals surface area contributed by atoms with Crippen LogP contribution in [0.5, 0.6) is 0 Å². The minimum absolute atomic E-state index is 0.119. The maximum atomic E-state index is 14.0. The number of piperidine rings is 1. The maximum absolute atomic E-state index is 14.0. The van der Waals surface area contributed by atoms with Gasteiger partial charge in [-0.05, 0) is 55.0 Å². The summed E-state index contributed by atoms with van der Waals surface area (Å²) >= 11 is 5.87. The van der Waals surface area contributed by atoms with E-state index in [9.17, 15) is 18.8 Å². The second kappa shape index (κ2) is 10.0. The largest absolute Gasteiger partial charge is 0.339 e. The van der Waals surface area contributed by atoms with Crippen molar-refractivity contribution >= 4 is 17.5 Å². The van der Waals surface area contributed by atoms with Gasteiger partial charge in [0, 0.05) is 37.1 Å². The highest BCUT2D eigenvalue weighted by atomic mass is 35.5. The van der Waals surface area contributed by atoms with Crippen molar-refractivity contribution in [2.45, 2.75) is 31.7 Å². The van der Waals surface area contributed by atoms with E-state index in [0.717, 1.165) is 37.0 Å². The molecule has 2 aromatic heterocycles. The third-order valence-electron chi connectivity index (χ3n) is 5.89. The fourth-order valence-electron chi connectivity index (χ4n) is 4.15. The van der Waals surface area contributed by atoms with Gasteiger partial charge in [-0.3, -0.25) is 9.48 Å². The number of hydrogen-bond acceptors (Lipinski definition) is 5. The summed E-state index contributed by atoms with van der Waals surface area (Å²) in [5.74, 6) is -1.71. The Balaban J connectivity index is 1.39. The number of nitriles is 1. The van der Waals surface area contributed by atoms with Crippen molar-refractivity contribution in [3.05, 3.63) is 65.3 Å². The van der Waals surface area contributed by atoms with Gasteiger partial charge in [-0.25, -0.2) is 18.7 Å². The van der Waals surface area contributed by atoms with Crippen LogP contribution < -0.4 is 0 Å². The summed E-state index contributed by atoms with van der Waals surface area (Å²) in [5, 5.41) is 13.9. The molecule has 0 saturated carbocycles. The number of rotatable bonds is 6. The molecule has 3 heterocycles. The van der Waals surface area contributed by atoms with E-state index in [1.807, 2.05) is 6.20 Å². The van der Waals surface area contributed by atoms with E-state index in [0.29, 0.717) is 25.2 Å². The van der Waals surface area contributed by atoms with Crippen LogP contribution in [0.4, 0.5) is 8.78 Å². The first-order valence-electron chi connectivity index (χ1n) is 10.6. The van der Waals surface area contributed by atoms with Gasteiger partial charge < -0.3 is 4.90 Å². The molecular weight excluding hydrogens is 450 g/mol. The average molecular weight is 471 g/mol. The number of halogens is 3. The highest BCUT2D eigenvalue weighted by Crippen LogP contribution is 2.30.